The molecule has 2 fully saturated rings. The standard InChI is InChI=1S/C22H28N8O/c1-28-7-9-29(10-8-28)15-5-6-19(23-13-15)26-22-24-12-14-11-18-21(31)25-16-3-2-4-17(16)30(18)20(14)27-22/h5-6,11-13,16-17,21,25,31H,2-4,7-10H2,1H3,(H,23,24,26,27)/t16-,17-,21?/m0/s1. The molecule has 9 heteroatoms. The van der Waals surface area contributed by atoms with Crippen LogP contribution in [0.1, 0.15) is 37.2 Å². The van der Waals surface area contributed by atoms with Crippen LogP contribution in [0.25, 0.3) is 11.0 Å². The van der Waals surface area contributed by atoms with E-state index in [1.807, 2.05) is 24.5 Å². The molecule has 9 nitrogen and oxygen atoms in total. The highest BCUT2D eigenvalue weighted by atomic mass is 16.3. The van der Waals surface area contributed by atoms with Crippen LogP contribution in [-0.4, -0.2) is 68.8 Å². The molecular weight excluding hydrogens is 392 g/mol. The Morgan fingerprint density at radius 3 is 2.77 bits per heavy atom. The summed E-state index contributed by atoms with van der Waals surface area (Å²) in [6, 6.07) is 6.71. The fourth-order valence-corrected chi connectivity index (χ4v) is 5.21. The minimum absolute atomic E-state index is 0.299. The van der Waals surface area contributed by atoms with Gasteiger partial charge in [-0.1, -0.05) is 0 Å². The first-order chi connectivity index (χ1) is 15.2. The molecule has 3 aromatic heterocycles. The van der Waals surface area contributed by atoms with Gasteiger partial charge in [-0.15, -0.1) is 0 Å². The van der Waals surface area contributed by atoms with E-state index in [0.29, 0.717) is 18.0 Å². The number of pyridine rings is 1. The maximum absolute atomic E-state index is 10.5. The fraction of sp³-hybridized carbons (Fsp3) is 0.500. The number of fused-ring (bicyclic) bond motifs is 5. The molecular formula is C22H28N8O. The largest absolute Gasteiger partial charge is 0.373 e. The highest BCUT2D eigenvalue weighted by Crippen LogP contribution is 2.40. The van der Waals surface area contributed by atoms with Gasteiger partial charge in [0.2, 0.25) is 5.95 Å². The zero-order valence-corrected chi connectivity index (χ0v) is 17.7. The third kappa shape index (κ3) is 3.33. The van der Waals surface area contributed by atoms with E-state index in [1.165, 1.54) is 0 Å². The van der Waals surface area contributed by atoms with Gasteiger partial charge in [0.15, 0.2) is 0 Å². The summed E-state index contributed by atoms with van der Waals surface area (Å²) < 4.78 is 2.21. The van der Waals surface area contributed by atoms with Gasteiger partial charge in [-0.05, 0) is 44.5 Å². The number of aliphatic hydroxyl groups excluding tert-OH is 1. The Kier molecular flexibility index (Phi) is 4.55. The van der Waals surface area contributed by atoms with E-state index < -0.39 is 6.23 Å². The molecule has 1 saturated heterocycles. The Morgan fingerprint density at radius 2 is 1.97 bits per heavy atom. The number of rotatable bonds is 3. The van der Waals surface area contributed by atoms with Crippen molar-refractivity contribution in [3.05, 3.63) is 36.3 Å². The van der Waals surface area contributed by atoms with Crippen LogP contribution in [0.2, 0.25) is 0 Å². The molecule has 3 N–H and O–H groups in total. The quantitative estimate of drug-likeness (QED) is 0.592. The molecule has 0 spiro atoms. The molecule has 0 amide bonds. The third-order valence-corrected chi connectivity index (χ3v) is 6.93. The summed E-state index contributed by atoms with van der Waals surface area (Å²) in [5.41, 5.74) is 2.89. The molecule has 0 radical (unpaired) electrons. The van der Waals surface area contributed by atoms with Crippen LogP contribution in [-0.2, 0) is 0 Å². The van der Waals surface area contributed by atoms with Gasteiger partial charge < -0.3 is 24.8 Å². The van der Waals surface area contributed by atoms with Crippen LogP contribution in [0.5, 0.6) is 0 Å². The topological polar surface area (TPSA) is 94.4 Å². The van der Waals surface area contributed by atoms with E-state index in [0.717, 1.165) is 73.7 Å². The SMILES string of the molecule is CN1CCN(c2ccc(Nc3ncc4cc5n(c4n3)[C@H]3CCC[C@@H]3NC5O)nc2)CC1. The predicted octanol–water partition coefficient (Wildman–Crippen LogP) is 2.01. The Hall–Kier alpha value is -2.75. The second-order valence-electron chi connectivity index (χ2n) is 8.90. The number of aliphatic hydroxyl groups is 1. The molecule has 1 saturated carbocycles. The van der Waals surface area contributed by atoms with Crippen LogP contribution in [0.15, 0.2) is 30.6 Å². The zero-order chi connectivity index (χ0) is 20.9. The monoisotopic (exact) mass is 420 g/mol. The Morgan fingerprint density at radius 1 is 1.10 bits per heavy atom. The summed E-state index contributed by atoms with van der Waals surface area (Å²) in [6.07, 6.45) is 6.42. The molecule has 3 aliphatic rings. The molecule has 5 heterocycles. The summed E-state index contributed by atoms with van der Waals surface area (Å²) in [4.78, 5) is 18.6. The molecule has 6 rings (SSSR count). The smallest absolute Gasteiger partial charge is 0.230 e. The molecule has 1 aliphatic carbocycles. The lowest BCUT2D eigenvalue weighted by Gasteiger charge is -2.33. The number of aromatic nitrogens is 4. The van der Waals surface area contributed by atoms with Crippen molar-refractivity contribution in [1.82, 2.24) is 29.7 Å². The second-order valence-corrected chi connectivity index (χ2v) is 8.90. The van der Waals surface area contributed by atoms with Crippen molar-refractivity contribution >= 4 is 28.5 Å². The second kappa shape index (κ2) is 7.44. The lowest BCUT2D eigenvalue weighted by molar-refractivity contribution is 0.0856. The average Bonchev–Trinajstić information content (AvgIpc) is 3.39. The van der Waals surface area contributed by atoms with E-state index in [4.69, 9.17) is 4.98 Å². The molecule has 0 bridgehead atoms. The van der Waals surface area contributed by atoms with Crippen molar-refractivity contribution in [2.75, 3.05) is 43.4 Å². The van der Waals surface area contributed by atoms with Crippen molar-refractivity contribution in [3.8, 4) is 0 Å². The first kappa shape index (κ1) is 19.0. The predicted molar refractivity (Wildman–Crippen MR) is 120 cm³/mol. The maximum Gasteiger partial charge on any atom is 0.230 e. The van der Waals surface area contributed by atoms with Gasteiger partial charge in [0.1, 0.15) is 17.7 Å². The van der Waals surface area contributed by atoms with Crippen molar-refractivity contribution in [2.45, 2.75) is 37.6 Å². The zero-order valence-electron chi connectivity index (χ0n) is 17.7. The van der Waals surface area contributed by atoms with Crippen LogP contribution < -0.4 is 15.5 Å². The number of hydrogen-bond donors (Lipinski definition) is 3. The van der Waals surface area contributed by atoms with Gasteiger partial charge in [0, 0.05) is 43.8 Å². The van der Waals surface area contributed by atoms with E-state index in [2.05, 4.69) is 48.1 Å². The fourth-order valence-electron chi connectivity index (χ4n) is 5.21. The Bertz CT molecular complexity index is 1090. The molecule has 3 atom stereocenters. The van der Waals surface area contributed by atoms with Gasteiger partial charge >= 0.3 is 0 Å². The third-order valence-electron chi connectivity index (χ3n) is 6.93. The van der Waals surface area contributed by atoms with E-state index in [1.54, 1.807) is 0 Å². The minimum atomic E-state index is -0.659. The molecule has 3 aromatic rings. The lowest BCUT2D eigenvalue weighted by atomic mass is 10.1. The van der Waals surface area contributed by atoms with Crippen LogP contribution in [0.3, 0.4) is 0 Å². The summed E-state index contributed by atoms with van der Waals surface area (Å²) in [6.45, 7) is 4.18. The van der Waals surface area contributed by atoms with Crippen LogP contribution in [0.4, 0.5) is 17.5 Å². The summed E-state index contributed by atoms with van der Waals surface area (Å²) >= 11 is 0. The molecule has 1 unspecified atom stereocenters. The maximum atomic E-state index is 10.5. The highest BCUT2D eigenvalue weighted by molar-refractivity contribution is 5.78. The van der Waals surface area contributed by atoms with Crippen molar-refractivity contribution in [1.29, 1.82) is 0 Å². The highest BCUT2D eigenvalue weighted by Gasteiger charge is 2.38. The number of hydrogen-bond acceptors (Lipinski definition) is 8. The molecule has 0 aromatic carbocycles. The number of piperazine rings is 1. The van der Waals surface area contributed by atoms with Gasteiger partial charge in [-0.25, -0.2) is 9.97 Å². The van der Waals surface area contributed by atoms with E-state index >= 15 is 0 Å². The van der Waals surface area contributed by atoms with Gasteiger partial charge in [-0.3, -0.25) is 5.32 Å². The molecule has 31 heavy (non-hydrogen) atoms. The first-order valence-electron chi connectivity index (χ1n) is 11.1. The number of likely N-dealkylation sites (N-methyl/N-ethyl adjacent to an activating group) is 1. The van der Waals surface area contributed by atoms with Crippen molar-refractivity contribution < 1.29 is 5.11 Å². The normalized spacial score (nSPS) is 26.1. The van der Waals surface area contributed by atoms with Crippen LogP contribution in [0, 0.1) is 0 Å². The average molecular weight is 421 g/mol. The van der Waals surface area contributed by atoms with Gasteiger partial charge in [0.25, 0.3) is 0 Å². The van der Waals surface area contributed by atoms with Crippen molar-refractivity contribution in [3.63, 3.8) is 0 Å². The number of nitrogens with zero attached hydrogens (tertiary/aromatic N) is 6. The summed E-state index contributed by atoms with van der Waals surface area (Å²) in [7, 11) is 2.16. The van der Waals surface area contributed by atoms with Crippen LogP contribution >= 0.6 is 0 Å². The Labute approximate surface area is 181 Å². The molecule has 162 valence electrons. The molecule has 2 aliphatic heterocycles. The summed E-state index contributed by atoms with van der Waals surface area (Å²) in [5, 5.41) is 18.1. The van der Waals surface area contributed by atoms with Crippen molar-refractivity contribution in [2.24, 2.45) is 0 Å². The number of nitrogens with one attached hydrogen (secondary N) is 2. The van der Waals surface area contributed by atoms with Gasteiger partial charge in [-0.2, -0.15) is 4.98 Å². The van der Waals surface area contributed by atoms with E-state index in [-0.39, 0.29) is 0 Å². The Balaban J connectivity index is 1.26. The summed E-state index contributed by atoms with van der Waals surface area (Å²) in [5.74, 6) is 1.25. The van der Waals surface area contributed by atoms with Gasteiger partial charge in [0.05, 0.1) is 23.6 Å². The van der Waals surface area contributed by atoms with E-state index in [9.17, 15) is 5.11 Å². The lowest BCUT2D eigenvalue weighted by Crippen LogP contribution is -2.44. The number of anilines is 3. The minimum Gasteiger partial charge on any atom is -0.373 e. The first-order valence-corrected chi connectivity index (χ1v) is 11.1.